The average molecular weight is 564 g/mol. The molecular weight excluding hydrogens is 526 g/mol. The topological polar surface area (TPSA) is 128 Å². The van der Waals surface area contributed by atoms with Crippen molar-refractivity contribution in [2.75, 3.05) is 39.9 Å². The second kappa shape index (κ2) is 14.6. The van der Waals surface area contributed by atoms with Gasteiger partial charge in [0, 0.05) is 31.1 Å². The van der Waals surface area contributed by atoms with Gasteiger partial charge >= 0.3 is 14.8 Å². The molecule has 8 atom stereocenters. The van der Waals surface area contributed by atoms with E-state index in [9.17, 15) is 13.7 Å². The Balaban J connectivity index is 2.59. The minimum Gasteiger partial charge on any atom is -0.382 e. The Morgan fingerprint density at radius 2 is 1.56 bits per heavy atom. The summed E-state index contributed by atoms with van der Waals surface area (Å²) in [5, 5.41) is 2.97. The molecule has 0 spiro atoms. The van der Waals surface area contributed by atoms with Gasteiger partial charge in [-0.3, -0.25) is 27.2 Å². The van der Waals surface area contributed by atoms with Crippen LogP contribution in [0.15, 0.2) is 0 Å². The molecular formula is C16H36ClNO10P4. The number of phosphoric acid groups is 1. The van der Waals surface area contributed by atoms with Gasteiger partial charge in [-0.2, -0.15) is 0 Å². The third-order valence-electron chi connectivity index (χ3n) is 4.04. The quantitative estimate of drug-likeness (QED) is 0.222. The SMILES string of the molecule is [3H]C(P)OP(=O)(OCC(C)OP(C)(=O)NC1CCC1)OC(C)COP(=O)(Cl)OC(C)COC. The molecule has 192 valence electrons. The maximum Gasteiger partial charge on any atom is 0.475 e. The van der Waals surface area contributed by atoms with Gasteiger partial charge in [-0.05, 0) is 33.6 Å². The zero-order valence-electron chi connectivity index (χ0n) is 20.0. The van der Waals surface area contributed by atoms with Crippen molar-refractivity contribution in [3.05, 3.63) is 0 Å². The van der Waals surface area contributed by atoms with E-state index in [4.69, 9.17) is 44.5 Å². The first-order valence-corrected chi connectivity index (χ1v) is 16.7. The molecule has 0 aromatic rings. The van der Waals surface area contributed by atoms with E-state index in [1.165, 1.54) is 20.7 Å². The maximum atomic E-state index is 13.0. The van der Waals surface area contributed by atoms with Crippen molar-refractivity contribution in [1.82, 2.24) is 5.09 Å². The molecule has 11 nitrogen and oxygen atoms in total. The number of halogens is 1. The largest absolute Gasteiger partial charge is 0.475 e. The highest BCUT2D eigenvalue weighted by Gasteiger charge is 2.33. The van der Waals surface area contributed by atoms with Gasteiger partial charge in [-0.25, -0.2) is 14.2 Å². The number of hydrogen-bond acceptors (Lipinski definition) is 10. The number of hydrogen-bond donors (Lipinski definition) is 1. The molecule has 0 aliphatic heterocycles. The predicted octanol–water partition coefficient (Wildman–Crippen LogP) is 5.15. The Labute approximate surface area is 199 Å². The number of phosphoric ester groups is 1. The van der Waals surface area contributed by atoms with Crippen molar-refractivity contribution in [3.8, 4) is 0 Å². The lowest BCUT2D eigenvalue weighted by molar-refractivity contribution is 0.0417. The highest BCUT2D eigenvalue weighted by atomic mass is 35.7. The van der Waals surface area contributed by atoms with E-state index in [2.05, 4.69) is 5.09 Å². The molecule has 32 heavy (non-hydrogen) atoms. The van der Waals surface area contributed by atoms with Crippen LogP contribution in [0.25, 0.3) is 0 Å². The predicted molar refractivity (Wildman–Crippen MR) is 126 cm³/mol. The van der Waals surface area contributed by atoms with Crippen LogP contribution in [0.3, 0.4) is 0 Å². The van der Waals surface area contributed by atoms with Crippen molar-refractivity contribution < 1.29 is 46.9 Å². The normalized spacial score (nSPS) is 24.8. The van der Waals surface area contributed by atoms with Gasteiger partial charge in [0.2, 0.25) is 0 Å². The second-order valence-electron chi connectivity index (χ2n) is 7.52. The van der Waals surface area contributed by atoms with Crippen molar-refractivity contribution >= 4 is 42.8 Å². The lowest BCUT2D eigenvalue weighted by atomic mass is 9.94. The van der Waals surface area contributed by atoms with Crippen molar-refractivity contribution in [3.63, 3.8) is 0 Å². The van der Waals surface area contributed by atoms with Crippen LogP contribution in [-0.2, 0) is 45.6 Å². The van der Waals surface area contributed by atoms with E-state index >= 15 is 0 Å². The van der Waals surface area contributed by atoms with Gasteiger partial charge in [-0.15, -0.1) is 9.24 Å². The van der Waals surface area contributed by atoms with Crippen LogP contribution < -0.4 is 5.09 Å². The molecule has 8 unspecified atom stereocenters. The zero-order valence-corrected chi connectivity index (χ0v) is 23.6. The summed E-state index contributed by atoms with van der Waals surface area (Å²) in [6.45, 7) is 1.69. The summed E-state index contributed by atoms with van der Waals surface area (Å²) in [4.78, 5) is 0. The first-order valence-electron chi connectivity index (χ1n) is 10.7. The van der Waals surface area contributed by atoms with E-state index in [0.717, 1.165) is 19.3 Å². The number of nitrogens with one attached hydrogen (secondary N) is 1. The van der Waals surface area contributed by atoms with Crippen molar-refractivity contribution in [2.45, 2.75) is 64.4 Å². The fourth-order valence-electron chi connectivity index (χ4n) is 2.59. The molecule has 1 N–H and O–H groups in total. The van der Waals surface area contributed by atoms with Gasteiger partial charge < -0.3 is 9.26 Å². The van der Waals surface area contributed by atoms with E-state index in [-0.39, 0.29) is 25.9 Å². The zero-order chi connectivity index (χ0) is 25.3. The Morgan fingerprint density at radius 3 is 2.09 bits per heavy atom. The average Bonchev–Trinajstić information content (AvgIpc) is 2.60. The molecule has 0 radical (unpaired) electrons. The van der Waals surface area contributed by atoms with Crippen LogP contribution in [0.4, 0.5) is 0 Å². The summed E-state index contributed by atoms with van der Waals surface area (Å²) in [6, 6.07) is 0.160. The Kier molecular flexibility index (Phi) is 13.4. The van der Waals surface area contributed by atoms with E-state index < -0.39 is 46.9 Å². The lowest BCUT2D eigenvalue weighted by Crippen LogP contribution is -2.34. The molecule has 16 heteroatoms. The fourth-order valence-corrected chi connectivity index (χ4v) is 7.49. The Bertz CT molecular complexity index is 731. The molecule has 0 aromatic carbocycles. The van der Waals surface area contributed by atoms with E-state index in [0.29, 0.717) is 0 Å². The summed E-state index contributed by atoms with van der Waals surface area (Å²) in [5.41, 5.74) is 0. The minimum absolute atomic E-state index is 0.156. The van der Waals surface area contributed by atoms with Crippen LogP contribution in [0.2, 0.25) is 0 Å². The fraction of sp³-hybridized carbons (Fsp3) is 1.00. The lowest BCUT2D eigenvalue weighted by Gasteiger charge is -2.31. The van der Waals surface area contributed by atoms with Crippen molar-refractivity contribution in [1.29, 1.82) is 0 Å². The first kappa shape index (κ1) is 29.3. The Hall–Kier alpha value is 1.09. The molecule has 1 fully saturated rings. The summed E-state index contributed by atoms with van der Waals surface area (Å²) in [5.74, 6) is 0. The second-order valence-corrected chi connectivity index (χ2v) is 14.1. The first-order chi connectivity index (χ1) is 15.2. The van der Waals surface area contributed by atoms with Crippen LogP contribution in [0.5, 0.6) is 0 Å². The molecule has 0 aromatic heterocycles. The third kappa shape index (κ3) is 13.3. The maximum absolute atomic E-state index is 13.0. The highest BCUT2D eigenvalue weighted by molar-refractivity contribution is 7.81. The smallest absolute Gasteiger partial charge is 0.382 e. The van der Waals surface area contributed by atoms with Crippen molar-refractivity contribution in [2.24, 2.45) is 0 Å². The van der Waals surface area contributed by atoms with Crippen LogP contribution >= 0.6 is 42.8 Å². The molecule has 1 saturated carbocycles. The molecule has 0 bridgehead atoms. The van der Waals surface area contributed by atoms with Gasteiger partial charge in [0.25, 0.3) is 7.52 Å². The Morgan fingerprint density at radius 1 is 1.00 bits per heavy atom. The highest BCUT2D eigenvalue weighted by Crippen LogP contribution is 2.56. The molecule has 1 aliphatic rings. The molecule has 0 amide bonds. The summed E-state index contributed by atoms with van der Waals surface area (Å²) in [7, 11) is -3.91. The molecule has 1 aliphatic carbocycles. The van der Waals surface area contributed by atoms with Gasteiger partial charge in [-0.1, -0.05) is 6.42 Å². The van der Waals surface area contributed by atoms with E-state index in [1.807, 2.05) is 9.24 Å². The van der Waals surface area contributed by atoms with Crippen LogP contribution in [0, 0.1) is 0 Å². The number of rotatable bonds is 18. The standard InChI is InChI=1S/C16H36ClNO10P4/c1-13(9-22-4)27-31(17,20)23-10-15(3)28-32(21,25-12-29)24-11-14(2)26-30(5,19)18-16-7-6-8-16/h13-16H,6-12,29H2,1-5H3,(H,18,19)/i12T. The minimum atomic E-state index is -4.27. The third-order valence-corrected chi connectivity index (χ3v) is 9.07. The van der Waals surface area contributed by atoms with Gasteiger partial charge in [0.05, 0.1) is 45.8 Å². The number of ether oxygens (including phenoxy) is 1. The molecule has 0 heterocycles. The van der Waals surface area contributed by atoms with Gasteiger partial charge in [0.1, 0.15) is 0 Å². The molecule has 1 rings (SSSR count). The number of methoxy groups -OCH3 is 1. The molecule has 0 saturated heterocycles. The summed E-state index contributed by atoms with van der Waals surface area (Å²) >= 11 is 5.77. The van der Waals surface area contributed by atoms with Crippen LogP contribution in [-0.4, -0.2) is 64.3 Å². The van der Waals surface area contributed by atoms with E-state index in [1.54, 1.807) is 13.8 Å². The summed E-state index contributed by atoms with van der Waals surface area (Å²) in [6.07, 6.45) is -0.606. The monoisotopic (exact) mass is 563 g/mol. The summed E-state index contributed by atoms with van der Waals surface area (Å²) < 4.78 is 81.4. The van der Waals surface area contributed by atoms with Gasteiger partial charge in [0.15, 0.2) is 0 Å². The van der Waals surface area contributed by atoms with Crippen LogP contribution in [0.1, 0.15) is 41.4 Å².